The molecule has 1 N–H and O–H groups in total. The lowest BCUT2D eigenvalue weighted by molar-refractivity contribution is -0.870. The minimum absolute atomic E-state index is 0. The van der Waals surface area contributed by atoms with E-state index in [9.17, 15) is 4.79 Å². The van der Waals surface area contributed by atoms with Crippen LogP contribution in [0.4, 0.5) is 0 Å². The Balaban J connectivity index is 0. The van der Waals surface area contributed by atoms with Gasteiger partial charge in [-0.2, -0.15) is 4.89 Å². The van der Waals surface area contributed by atoms with Crippen LogP contribution in [-0.2, 0) is 14.6 Å². The molecule has 0 fully saturated rings. The second kappa shape index (κ2) is 7.89. The first kappa shape index (κ1) is 17.1. The molecule has 0 saturated heterocycles. The average Bonchev–Trinajstić information content (AvgIpc) is 2.01. The molecular weight excluding hydrogens is 313 g/mol. The monoisotopic (exact) mass is 331 g/mol. The Morgan fingerprint density at radius 3 is 2.33 bits per heavy atom. The summed E-state index contributed by atoms with van der Waals surface area (Å²) >= 11 is 0. The Morgan fingerprint density at radius 2 is 1.93 bits per heavy atom. The molecule has 0 heterocycles. The van der Waals surface area contributed by atoms with Gasteiger partial charge in [-0.05, 0) is 6.58 Å². The van der Waals surface area contributed by atoms with E-state index < -0.39 is 11.7 Å². The summed E-state index contributed by atoms with van der Waals surface area (Å²) in [4.78, 5) is 19.4. The maximum atomic E-state index is 10.6. The van der Waals surface area contributed by atoms with Crippen molar-refractivity contribution in [1.29, 1.82) is 0 Å². The van der Waals surface area contributed by atoms with E-state index in [1.54, 1.807) is 0 Å². The van der Waals surface area contributed by atoms with Gasteiger partial charge < -0.3 is 33.6 Å². The molecule has 6 heteroatoms. The van der Waals surface area contributed by atoms with Gasteiger partial charge in [0.05, 0.1) is 34.3 Å². The molecule has 0 aromatic rings. The van der Waals surface area contributed by atoms with Crippen LogP contribution in [0.2, 0.25) is 0 Å². The van der Waals surface area contributed by atoms with Crippen LogP contribution in [0, 0.1) is 0 Å². The Kier molecular flexibility index (Phi) is 8.98. The fourth-order valence-electron chi connectivity index (χ4n) is 0.741. The van der Waals surface area contributed by atoms with Crippen molar-refractivity contribution in [3.63, 3.8) is 0 Å². The van der Waals surface area contributed by atoms with Crippen molar-refractivity contribution in [3.8, 4) is 0 Å². The van der Waals surface area contributed by atoms with Gasteiger partial charge in [-0.25, -0.2) is 4.79 Å². The number of hydrogen-bond acceptors (Lipinski definition) is 4. The Labute approximate surface area is 107 Å². The van der Waals surface area contributed by atoms with Crippen LogP contribution in [0.25, 0.3) is 0 Å². The van der Waals surface area contributed by atoms with Crippen LogP contribution < -0.4 is 24.0 Å². The molecular formula is C9H18INO4. The van der Waals surface area contributed by atoms with Gasteiger partial charge in [-0.1, -0.05) is 0 Å². The molecule has 0 bridgehead atoms. The van der Waals surface area contributed by atoms with Gasteiger partial charge in [0.1, 0.15) is 0 Å². The fourth-order valence-corrected chi connectivity index (χ4v) is 0.741. The number of rotatable bonds is 6. The third kappa shape index (κ3) is 11.6. The van der Waals surface area contributed by atoms with Crippen molar-refractivity contribution >= 4 is 5.97 Å². The second-order valence-electron chi connectivity index (χ2n) is 4.01. The molecule has 15 heavy (non-hydrogen) atoms. The van der Waals surface area contributed by atoms with Gasteiger partial charge in [0.15, 0.2) is 5.76 Å². The lowest BCUT2D eigenvalue weighted by atomic mass is 10.4. The highest BCUT2D eigenvalue weighted by atomic mass is 127. The van der Waals surface area contributed by atoms with Crippen LogP contribution in [-0.4, -0.2) is 49.9 Å². The van der Waals surface area contributed by atoms with E-state index in [2.05, 4.69) is 37.5 Å². The number of carbonyl (C=O) groups excluding carboxylic acids is 1. The molecule has 0 aliphatic carbocycles. The van der Waals surface area contributed by atoms with Gasteiger partial charge >= 0.3 is 5.97 Å². The van der Waals surface area contributed by atoms with Crippen molar-refractivity contribution in [2.75, 3.05) is 34.3 Å². The van der Waals surface area contributed by atoms with E-state index in [4.69, 9.17) is 5.11 Å². The minimum Gasteiger partial charge on any atom is -1.00 e. The van der Waals surface area contributed by atoms with E-state index in [1.807, 2.05) is 0 Å². The lowest BCUT2D eigenvalue weighted by Crippen LogP contribution is -3.00. The summed E-state index contributed by atoms with van der Waals surface area (Å²) < 4.78 is 0.823. The van der Waals surface area contributed by atoms with Crippen LogP contribution in [0.1, 0.15) is 6.42 Å². The first-order valence-corrected chi connectivity index (χ1v) is 4.35. The standard InChI is InChI=1S/C9H17NO4.HI/c1-8(11)9(12)14-13-7-5-6-10(2,3)4;/h1,5-7H2,2-4H3;1H. The number of carbonyl (C=O) groups is 1. The van der Waals surface area contributed by atoms with E-state index >= 15 is 0 Å². The Bertz CT molecular complexity index is 213. The van der Waals surface area contributed by atoms with Crippen molar-refractivity contribution < 1.29 is 48.1 Å². The van der Waals surface area contributed by atoms with Crippen molar-refractivity contribution in [2.24, 2.45) is 0 Å². The zero-order valence-electron chi connectivity index (χ0n) is 9.33. The predicted octanol–water partition coefficient (Wildman–Crippen LogP) is -2.37. The summed E-state index contributed by atoms with van der Waals surface area (Å²) in [6, 6.07) is 0. The topological polar surface area (TPSA) is 55.8 Å². The number of hydrogen-bond donors (Lipinski definition) is 1. The molecule has 0 aliphatic heterocycles. The smallest absolute Gasteiger partial charge is 0.406 e. The highest BCUT2D eigenvalue weighted by Crippen LogP contribution is 1.95. The first-order chi connectivity index (χ1) is 6.33. The lowest BCUT2D eigenvalue weighted by Gasteiger charge is -2.23. The van der Waals surface area contributed by atoms with Crippen LogP contribution in [0.5, 0.6) is 0 Å². The van der Waals surface area contributed by atoms with Crippen LogP contribution in [0.3, 0.4) is 0 Å². The molecule has 0 aromatic carbocycles. The van der Waals surface area contributed by atoms with Crippen LogP contribution in [0.15, 0.2) is 12.3 Å². The van der Waals surface area contributed by atoms with Gasteiger partial charge in [0.25, 0.3) is 0 Å². The summed E-state index contributed by atoms with van der Waals surface area (Å²) in [5.74, 6) is -1.60. The molecule has 0 rings (SSSR count). The molecule has 0 aromatic heterocycles. The SMILES string of the molecule is C=C(O)C(=O)OOCCC[N+](C)(C)C.[I-]. The van der Waals surface area contributed by atoms with Gasteiger partial charge in [-0.3, -0.25) is 4.89 Å². The van der Waals surface area contributed by atoms with E-state index in [1.165, 1.54) is 0 Å². The van der Waals surface area contributed by atoms with Gasteiger partial charge in [-0.15, -0.1) is 0 Å². The number of quaternary nitrogens is 1. The Hall–Kier alpha value is -0.340. The predicted molar refractivity (Wildman–Crippen MR) is 51.3 cm³/mol. The van der Waals surface area contributed by atoms with E-state index in [0.29, 0.717) is 6.61 Å². The van der Waals surface area contributed by atoms with Crippen molar-refractivity contribution in [2.45, 2.75) is 6.42 Å². The molecule has 5 nitrogen and oxygen atoms in total. The highest BCUT2D eigenvalue weighted by Gasteiger charge is 2.09. The quantitative estimate of drug-likeness (QED) is 0.112. The maximum Gasteiger partial charge on any atom is 0.406 e. The molecule has 0 saturated carbocycles. The molecule has 0 amide bonds. The number of aliphatic hydroxyl groups is 1. The fraction of sp³-hybridized carbons (Fsp3) is 0.667. The average molecular weight is 331 g/mol. The molecule has 0 aliphatic rings. The molecule has 0 unspecified atom stereocenters. The van der Waals surface area contributed by atoms with E-state index in [0.717, 1.165) is 17.4 Å². The summed E-state index contributed by atoms with van der Waals surface area (Å²) in [7, 11) is 6.17. The second-order valence-corrected chi connectivity index (χ2v) is 4.01. The molecule has 90 valence electrons. The number of nitrogens with zero attached hydrogens (tertiary/aromatic N) is 1. The molecule has 0 spiro atoms. The summed E-state index contributed by atoms with van der Waals surface area (Å²) in [5, 5.41) is 8.55. The normalized spacial score (nSPS) is 10.3. The highest BCUT2D eigenvalue weighted by molar-refractivity contribution is 5.84. The van der Waals surface area contributed by atoms with Gasteiger partial charge in [0, 0.05) is 6.42 Å². The first-order valence-electron chi connectivity index (χ1n) is 4.35. The molecule has 0 atom stereocenters. The third-order valence-electron chi connectivity index (χ3n) is 1.43. The summed E-state index contributed by atoms with van der Waals surface area (Å²) in [6.45, 7) is 4.22. The maximum absolute atomic E-state index is 10.6. The number of halogens is 1. The van der Waals surface area contributed by atoms with Crippen molar-refractivity contribution in [3.05, 3.63) is 12.3 Å². The third-order valence-corrected chi connectivity index (χ3v) is 1.43. The minimum atomic E-state index is -0.949. The summed E-state index contributed by atoms with van der Waals surface area (Å²) in [6.07, 6.45) is 0.773. The van der Waals surface area contributed by atoms with E-state index in [-0.39, 0.29) is 24.0 Å². The van der Waals surface area contributed by atoms with Crippen molar-refractivity contribution in [1.82, 2.24) is 0 Å². The Morgan fingerprint density at radius 1 is 1.40 bits per heavy atom. The zero-order valence-corrected chi connectivity index (χ0v) is 11.5. The largest absolute Gasteiger partial charge is 1.00 e. The molecule has 0 radical (unpaired) electrons. The zero-order chi connectivity index (χ0) is 11.2. The van der Waals surface area contributed by atoms with Crippen LogP contribution >= 0.6 is 0 Å². The number of aliphatic hydroxyl groups excluding tert-OH is 1. The van der Waals surface area contributed by atoms with Gasteiger partial charge in [0.2, 0.25) is 0 Å². The summed E-state index contributed by atoms with van der Waals surface area (Å²) in [5.41, 5.74) is 0.